The van der Waals surface area contributed by atoms with E-state index in [0.717, 1.165) is 53.3 Å². The number of nitrogens with one attached hydrogen (secondary N) is 1. The van der Waals surface area contributed by atoms with Gasteiger partial charge in [-0.25, -0.2) is 30.5 Å². The third-order valence-electron chi connectivity index (χ3n) is 8.69. The van der Waals surface area contributed by atoms with E-state index in [-0.39, 0.29) is 138 Å². The number of nitro benzene ring substituents is 2. The zero-order chi connectivity index (χ0) is 52.2. The van der Waals surface area contributed by atoms with Crippen LogP contribution in [0.15, 0.2) is 72.8 Å². The summed E-state index contributed by atoms with van der Waals surface area (Å²) in [5, 5.41) is 37.3. The van der Waals surface area contributed by atoms with Gasteiger partial charge in [-0.15, -0.1) is 0 Å². The van der Waals surface area contributed by atoms with Gasteiger partial charge in [-0.2, -0.15) is 36.5 Å². The molecule has 0 aliphatic carbocycles. The van der Waals surface area contributed by atoms with Gasteiger partial charge >= 0.3 is 115 Å². The average molecular weight is 1140 g/mol. The molecule has 6 aromatic rings. The maximum absolute atomic E-state index is 13.2. The molecule has 33 heteroatoms. The number of aryl methyl sites for hydroxylation is 1. The van der Waals surface area contributed by atoms with Gasteiger partial charge in [0, 0.05) is 12.1 Å². The van der Waals surface area contributed by atoms with Crippen molar-refractivity contribution >= 4 is 94.5 Å². The number of non-ortho nitro benzene ring substituents is 2. The number of hydrogen-bond donors (Lipinski definition) is 1. The van der Waals surface area contributed by atoms with E-state index < -0.39 is 89.4 Å². The molecule has 6 rings (SSSR count). The Bertz CT molecular complexity index is 2990. The molecule has 0 spiro atoms. The second-order valence-corrected chi connectivity index (χ2v) is 18.2. The van der Waals surface area contributed by atoms with Crippen LogP contribution in [-0.2, 0) is 55.8 Å². The molecule has 1 N–H and O–H groups in total. The Balaban J connectivity index is 0.00000110. The van der Waals surface area contributed by atoms with Crippen LogP contribution in [0.2, 0.25) is 10.0 Å². The average Bonchev–Trinajstić information content (AvgIpc) is 3.79. The summed E-state index contributed by atoms with van der Waals surface area (Å²) >= 11 is 12.0. The van der Waals surface area contributed by atoms with E-state index in [4.69, 9.17) is 42.7 Å². The summed E-state index contributed by atoms with van der Waals surface area (Å²) in [6.07, 6.45) is -6.82. The number of ether oxygens (including phenoxy) is 2. The standard InChI is InChI=1S/C18H16ClF3N4O5S.C10H8ClF3N4O4S.C9H12O.CH2O3.2K.H/c1-31-12-5-3-11(4-6-12)9-25(32(2,29)30)17-15-13(19)7-8-14(26(27)28)16(15)24(23-17)10-18(20,21)22;1-23(21,22)16-9-7-5(11)2-3-6(18(19)20)8(7)17(15-9)4-10(12,13)14;1-3-8-4-6-9(10-2)7-5-8;2-1-4-3;;;/h3-8H,9-10H2,1-2H3;2-3H,4H2,1H3,(H,15,16);4-7H,3H2,1-2H3;1,3H;;;/q;;;;2*+1;-1/p-1. The number of anilines is 2. The number of methoxy groups -OCH3 is 2. The molecule has 378 valence electrons. The summed E-state index contributed by atoms with van der Waals surface area (Å²) in [5.41, 5.74) is -0.603. The van der Waals surface area contributed by atoms with E-state index in [0.29, 0.717) is 20.7 Å². The van der Waals surface area contributed by atoms with E-state index in [1.165, 1.54) is 12.7 Å². The maximum Gasteiger partial charge on any atom is 1.00 e. The normalized spacial score (nSPS) is 11.2. The number of sulfonamides is 2. The Morgan fingerprint density at radius 1 is 0.732 bits per heavy atom. The first-order valence-corrected chi connectivity index (χ1v) is 23.2. The molecule has 0 atom stereocenters. The predicted molar refractivity (Wildman–Crippen MR) is 238 cm³/mol. The SMILES string of the molecule is CCc1ccc(OC)cc1.COc1ccc(CN(c2nn(CC(F)(F)F)c3c([N+](=O)[O-])ccc(Cl)c23)S(C)(=O)=O)cc1.CS(=O)(=O)Nc1nn(CC(F)(F)F)c2c([N+](=O)[O-])ccc(Cl)c12.O=CO[O-].[H-].[K+].[K+]. The van der Waals surface area contributed by atoms with Gasteiger partial charge < -0.3 is 21.0 Å². The first-order chi connectivity index (χ1) is 32.0. The van der Waals surface area contributed by atoms with Crippen LogP contribution in [0.3, 0.4) is 0 Å². The molecule has 0 fully saturated rings. The van der Waals surface area contributed by atoms with Crippen molar-refractivity contribution in [3.8, 4) is 11.5 Å². The summed E-state index contributed by atoms with van der Waals surface area (Å²) in [5.74, 6) is 0.479. The topological polar surface area (TPSA) is 273 Å². The summed E-state index contributed by atoms with van der Waals surface area (Å²) in [6.45, 7) is -1.66. The monoisotopic (exact) mass is 1140 g/mol. The van der Waals surface area contributed by atoms with Gasteiger partial charge in [-0.05, 0) is 53.9 Å². The summed E-state index contributed by atoms with van der Waals surface area (Å²) in [4.78, 5) is 32.0. The molecule has 21 nitrogen and oxygen atoms in total. The molecule has 0 unspecified atom stereocenters. The van der Waals surface area contributed by atoms with Crippen molar-refractivity contribution in [3.05, 3.63) is 114 Å². The molecule has 2 heterocycles. The Labute approximate surface area is 496 Å². The molecule has 0 radical (unpaired) electrons. The van der Waals surface area contributed by atoms with Crippen LogP contribution in [0.1, 0.15) is 19.5 Å². The van der Waals surface area contributed by atoms with Crippen molar-refractivity contribution in [2.45, 2.75) is 45.3 Å². The Kier molecular flexibility index (Phi) is 26.2. The fourth-order valence-electron chi connectivity index (χ4n) is 5.90. The van der Waals surface area contributed by atoms with Crippen molar-refractivity contribution in [2.24, 2.45) is 0 Å². The van der Waals surface area contributed by atoms with E-state index in [1.807, 2.05) is 16.9 Å². The van der Waals surface area contributed by atoms with Crippen molar-refractivity contribution in [2.75, 3.05) is 35.8 Å². The predicted octanol–water partition coefficient (Wildman–Crippen LogP) is 1.48. The minimum absolute atomic E-state index is 0. The number of rotatable bonds is 14. The first-order valence-electron chi connectivity index (χ1n) is 18.7. The zero-order valence-electron chi connectivity index (χ0n) is 39.1. The van der Waals surface area contributed by atoms with Crippen LogP contribution in [0.4, 0.5) is 49.4 Å². The van der Waals surface area contributed by atoms with Crippen LogP contribution in [0.5, 0.6) is 11.5 Å². The molecule has 2 aromatic heterocycles. The van der Waals surface area contributed by atoms with Crippen molar-refractivity contribution in [1.29, 1.82) is 0 Å². The number of carbonyl (C=O) groups is 1. The van der Waals surface area contributed by atoms with E-state index >= 15 is 0 Å². The molecule has 0 aliphatic heterocycles. The van der Waals surface area contributed by atoms with Gasteiger partial charge in [-0.1, -0.05) is 54.4 Å². The minimum Gasteiger partial charge on any atom is -1.00 e. The van der Waals surface area contributed by atoms with E-state index in [1.54, 1.807) is 31.4 Å². The largest absolute Gasteiger partial charge is 1.00 e. The van der Waals surface area contributed by atoms with Crippen molar-refractivity contribution < 1.29 is 182 Å². The first kappa shape index (κ1) is 65.6. The molecule has 0 amide bonds. The zero-order valence-corrected chi connectivity index (χ0v) is 47.5. The number of carbonyl (C=O) groups excluding carboxylic acids is 1. The van der Waals surface area contributed by atoms with Gasteiger partial charge in [0.15, 0.2) is 11.6 Å². The van der Waals surface area contributed by atoms with Gasteiger partial charge in [-0.3, -0.25) is 29.7 Å². The van der Waals surface area contributed by atoms with Crippen LogP contribution in [-0.4, -0.2) is 91.8 Å². The number of nitro groups is 2. The number of aromatic nitrogens is 4. The molecule has 0 saturated carbocycles. The van der Waals surface area contributed by atoms with Gasteiger partial charge in [0.25, 0.3) is 17.8 Å². The molecule has 0 saturated heterocycles. The summed E-state index contributed by atoms with van der Waals surface area (Å²) in [6, 6.07) is 18.5. The third-order valence-corrected chi connectivity index (χ3v) is 11.0. The molecular formula is C38H38Cl2F6K2N8O13S2. The minimum atomic E-state index is -4.78. The van der Waals surface area contributed by atoms with Crippen molar-refractivity contribution in [1.82, 2.24) is 19.6 Å². The second-order valence-electron chi connectivity index (χ2n) is 13.7. The Hall–Kier alpha value is -3.42. The molecule has 4 aromatic carbocycles. The fourth-order valence-corrected chi connectivity index (χ4v) is 7.70. The smallest absolute Gasteiger partial charge is 1.00 e. The van der Waals surface area contributed by atoms with Crippen LogP contribution in [0.25, 0.3) is 21.8 Å². The summed E-state index contributed by atoms with van der Waals surface area (Å²) < 4.78 is 139. The quantitative estimate of drug-likeness (QED) is 0.0404. The fraction of sp³-hybridized carbons (Fsp3) is 0.289. The maximum atomic E-state index is 13.2. The van der Waals surface area contributed by atoms with Crippen LogP contribution < -0.4 is 127 Å². The molecule has 71 heavy (non-hydrogen) atoms. The van der Waals surface area contributed by atoms with Gasteiger partial charge in [0.05, 0.1) is 63.9 Å². The molecular weight excluding hydrogens is 1100 g/mol. The number of alkyl halides is 6. The van der Waals surface area contributed by atoms with Crippen LogP contribution >= 0.6 is 23.2 Å². The summed E-state index contributed by atoms with van der Waals surface area (Å²) in [7, 11) is -4.84. The molecule has 0 aliphatic rings. The van der Waals surface area contributed by atoms with Gasteiger partial charge in [0.2, 0.25) is 20.0 Å². The number of fused-ring (bicyclic) bond motifs is 2. The Morgan fingerprint density at radius 2 is 1.13 bits per heavy atom. The Morgan fingerprint density at radius 3 is 1.48 bits per heavy atom. The number of nitrogens with zero attached hydrogens (tertiary/aromatic N) is 7. The second kappa shape index (κ2) is 28.3. The number of halogens is 8. The van der Waals surface area contributed by atoms with Crippen molar-refractivity contribution in [3.63, 3.8) is 0 Å². The van der Waals surface area contributed by atoms with E-state index in [9.17, 15) is 63.4 Å². The number of benzene rings is 4. The van der Waals surface area contributed by atoms with Gasteiger partial charge in [0.1, 0.15) is 35.6 Å². The molecule has 0 bridgehead atoms. The van der Waals surface area contributed by atoms with E-state index in [2.05, 4.69) is 34.1 Å². The van der Waals surface area contributed by atoms with Crippen LogP contribution in [0, 0.1) is 20.2 Å². The third kappa shape index (κ3) is 19.7. The number of hydrogen-bond acceptors (Lipinski definition) is 15.